The Morgan fingerprint density at radius 3 is 3.11 bits per heavy atom. The van der Waals surface area contributed by atoms with E-state index < -0.39 is 0 Å². The first kappa shape index (κ1) is 11.7. The number of hydrogen-bond acceptors (Lipinski definition) is 3. The number of ether oxygens (including phenoxy) is 1. The lowest BCUT2D eigenvalue weighted by Crippen LogP contribution is -2.22. The maximum atomic E-state index is 6.12. The predicted octanol–water partition coefficient (Wildman–Crippen LogP) is 2.11. The summed E-state index contributed by atoms with van der Waals surface area (Å²) in [5.41, 5.74) is 2.27. The van der Waals surface area contributed by atoms with Gasteiger partial charge in [0.15, 0.2) is 0 Å². The highest BCUT2D eigenvalue weighted by Crippen LogP contribution is 2.30. The number of benzene rings is 1. The second-order valence-electron chi connectivity index (χ2n) is 4.91. The maximum Gasteiger partial charge on any atom is 0.112 e. The van der Waals surface area contributed by atoms with Gasteiger partial charge in [-0.25, -0.2) is 0 Å². The average molecular weight is 245 g/mol. The van der Waals surface area contributed by atoms with Crippen molar-refractivity contribution in [3.8, 4) is 0 Å². The van der Waals surface area contributed by atoms with Crippen LogP contribution in [0.25, 0.3) is 10.9 Å². The van der Waals surface area contributed by atoms with Crippen molar-refractivity contribution in [1.29, 1.82) is 0 Å². The number of hydrogen-bond donors (Lipinski definition) is 1. The number of fused-ring (bicyclic) bond motifs is 3. The van der Waals surface area contributed by atoms with Gasteiger partial charge < -0.3 is 10.1 Å². The van der Waals surface area contributed by atoms with Crippen LogP contribution in [0.5, 0.6) is 0 Å². The Balaban J connectivity index is 2.13. The van der Waals surface area contributed by atoms with Gasteiger partial charge in [-0.15, -0.1) is 0 Å². The van der Waals surface area contributed by atoms with E-state index in [1.54, 1.807) is 0 Å². The summed E-state index contributed by atoms with van der Waals surface area (Å²) < 4.78 is 8.24. The molecule has 0 saturated heterocycles. The van der Waals surface area contributed by atoms with Crippen molar-refractivity contribution < 1.29 is 4.74 Å². The maximum absolute atomic E-state index is 6.12. The van der Waals surface area contributed by atoms with Crippen molar-refractivity contribution >= 4 is 10.9 Å². The standard InChI is InChI=1S/C14H19N3O/c1-10-7-8-17-14(13(18-10)9-15-2)11-5-3-4-6-12(11)16-17/h3-6,10,13,15H,7-9H2,1-2H3/t10-,13-/m1/s1. The average Bonchev–Trinajstić information content (AvgIpc) is 2.66. The van der Waals surface area contributed by atoms with Crippen LogP contribution in [0.4, 0.5) is 0 Å². The van der Waals surface area contributed by atoms with E-state index in [4.69, 9.17) is 4.74 Å². The van der Waals surface area contributed by atoms with Crippen LogP contribution in [-0.2, 0) is 11.3 Å². The highest BCUT2D eigenvalue weighted by molar-refractivity contribution is 5.81. The second kappa shape index (κ2) is 4.71. The van der Waals surface area contributed by atoms with Gasteiger partial charge in [0, 0.05) is 18.5 Å². The van der Waals surface area contributed by atoms with Crippen LogP contribution < -0.4 is 5.32 Å². The normalized spacial score (nSPS) is 23.9. The third kappa shape index (κ3) is 1.91. The van der Waals surface area contributed by atoms with E-state index in [1.165, 1.54) is 11.1 Å². The Bertz CT molecular complexity index is 549. The van der Waals surface area contributed by atoms with E-state index in [0.717, 1.165) is 25.0 Å². The smallest absolute Gasteiger partial charge is 0.112 e. The zero-order valence-corrected chi connectivity index (χ0v) is 10.9. The van der Waals surface area contributed by atoms with Gasteiger partial charge in [-0.05, 0) is 26.5 Å². The number of aryl methyl sites for hydroxylation is 1. The molecule has 3 rings (SSSR count). The molecule has 0 bridgehead atoms. The molecule has 0 fully saturated rings. The minimum Gasteiger partial charge on any atom is -0.368 e. The van der Waals surface area contributed by atoms with Crippen LogP contribution in [-0.4, -0.2) is 29.5 Å². The van der Waals surface area contributed by atoms with Crippen molar-refractivity contribution in [2.24, 2.45) is 0 Å². The third-order valence-electron chi connectivity index (χ3n) is 3.53. The lowest BCUT2D eigenvalue weighted by molar-refractivity contribution is 0.0000947. The van der Waals surface area contributed by atoms with Gasteiger partial charge in [0.25, 0.3) is 0 Å². The number of aromatic nitrogens is 2. The Kier molecular flexibility index (Phi) is 3.06. The van der Waals surface area contributed by atoms with Gasteiger partial charge in [-0.1, -0.05) is 18.2 Å². The van der Waals surface area contributed by atoms with Gasteiger partial charge in [-0.3, -0.25) is 4.68 Å². The zero-order chi connectivity index (χ0) is 12.5. The molecule has 96 valence electrons. The minimum absolute atomic E-state index is 0.0832. The van der Waals surface area contributed by atoms with Crippen molar-refractivity contribution in [2.75, 3.05) is 13.6 Å². The fourth-order valence-corrected chi connectivity index (χ4v) is 2.66. The molecule has 1 N–H and O–H groups in total. The highest BCUT2D eigenvalue weighted by atomic mass is 16.5. The second-order valence-corrected chi connectivity index (χ2v) is 4.91. The van der Waals surface area contributed by atoms with E-state index in [-0.39, 0.29) is 12.2 Å². The first-order valence-corrected chi connectivity index (χ1v) is 6.55. The zero-order valence-electron chi connectivity index (χ0n) is 10.9. The SMILES string of the molecule is CNC[C@H]1O[C@H](C)CCn2nc3ccccc3c21. The van der Waals surface area contributed by atoms with Gasteiger partial charge >= 0.3 is 0 Å². The largest absolute Gasteiger partial charge is 0.368 e. The van der Waals surface area contributed by atoms with Crippen molar-refractivity contribution in [2.45, 2.75) is 32.1 Å². The van der Waals surface area contributed by atoms with Crippen molar-refractivity contribution in [1.82, 2.24) is 15.1 Å². The van der Waals surface area contributed by atoms with Crippen LogP contribution in [0.3, 0.4) is 0 Å². The summed E-state index contributed by atoms with van der Waals surface area (Å²) in [5, 5.41) is 9.12. The number of nitrogens with one attached hydrogen (secondary N) is 1. The summed E-state index contributed by atoms with van der Waals surface area (Å²) >= 11 is 0. The van der Waals surface area contributed by atoms with Crippen LogP contribution >= 0.6 is 0 Å². The topological polar surface area (TPSA) is 39.1 Å². The first-order chi connectivity index (χ1) is 8.79. The monoisotopic (exact) mass is 245 g/mol. The predicted molar refractivity (Wildman–Crippen MR) is 71.6 cm³/mol. The fourth-order valence-electron chi connectivity index (χ4n) is 2.66. The quantitative estimate of drug-likeness (QED) is 0.880. The molecule has 0 spiro atoms. The van der Waals surface area contributed by atoms with Gasteiger partial charge in [0.2, 0.25) is 0 Å². The first-order valence-electron chi connectivity index (χ1n) is 6.55. The summed E-state index contributed by atoms with van der Waals surface area (Å²) in [5.74, 6) is 0. The summed E-state index contributed by atoms with van der Waals surface area (Å²) in [4.78, 5) is 0. The number of nitrogens with zero attached hydrogens (tertiary/aromatic N) is 2. The van der Waals surface area contributed by atoms with Gasteiger partial charge in [0.05, 0.1) is 17.3 Å². The Morgan fingerprint density at radius 2 is 2.28 bits per heavy atom. The van der Waals surface area contributed by atoms with Crippen molar-refractivity contribution in [3.63, 3.8) is 0 Å². The Hall–Kier alpha value is -1.39. The highest BCUT2D eigenvalue weighted by Gasteiger charge is 2.26. The molecule has 2 heterocycles. The molecule has 2 atom stereocenters. The molecule has 4 heteroatoms. The molecule has 2 aromatic rings. The molecule has 1 aliphatic rings. The lowest BCUT2D eigenvalue weighted by Gasteiger charge is -2.19. The molecular formula is C14H19N3O. The van der Waals surface area contributed by atoms with E-state index in [1.807, 2.05) is 13.1 Å². The molecule has 1 aromatic carbocycles. The molecule has 0 aliphatic carbocycles. The molecule has 4 nitrogen and oxygen atoms in total. The molecule has 1 aromatic heterocycles. The summed E-state index contributed by atoms with van der Waals surface area (Å²) in [6, 6.07) is 8.30. The van der Waals surface area contributed by atoms with E-state index in [9.17, 15) is 0 Å². The molecular weight excluding hydrogens is 226 g/mol. The molecule has 18 heavy (non-hydrogen) atoms. The Morgan fingerprint density at radius 1 is 1.44 bits per heavy atom. The van der Waals surface area contributed by atoms with Crippen molar-refractivity contribution in [3.05, 3.63) is 30.0 Å². The van der Waals surface area contributed by atoms with Crippen LogP contribution in [0.15, 0.2) is 24.3 Å². The lowest BCUT2D eigenvalue weighted by atomic mass is 10.1. The molecule has 0 amide bonds. The van der Waals surface area contributed by atoms with Gasteiger partial charge in [-0.2, -0.15) is 5.10 Å². The van der Waals surface area contributed by atoms with E-state index in [0.29, 0.717) is 0 Å². The van der Waals surface area contributed by atoms with Crippen LogP contribution in [0.1, 0.15) is 25.1 Å². The van der Waals surface area contributed by atoms with E-state index in [2.05, 4.69) is 40.2 Å². The molecule has 1 aliphatic heterocycles. The molecule has 0 unspecified atom stereocenters. The summed E-state index contributed by atoms with van der Waals surface area (Å²) in [7, 11) is 1.96. The molecule has 0 saturated carbocycles. The minimum atomic E-state index is 0.0832. The van der Waals surface area contributed by atoms with Gasteiger partial charge in [0.1, 0.15) is 6.10 Å². The summed E-state index contributed by atoms with van der Waals surface area (Å²) in [6.07, 6.45) is 1.38. The third-order valence-corrected chi connectivity index (χ3v) is 3.53. The number of rotatable bonds is 2. The van der Waals surface area contributed by atoms with Crippen LogP contribution in [0.2, 0.25) is 0 Å². The van der Waals surface area contributed by atoms with Crippen LogP contribution in [0, 0.1) is 0 Å². The number of likely N-dealkylation sites (N-methyl/N-ethyl adjacent to an activating group) is 1. The Labute approximate surface area is 107 Å². The fraction of sp³-hybridized carbons (Fsp3) is 0.500. The van der Waals surface area contributed by atoms with E-state index >= 15 is 0 Å². The molecule has 0 radical (unpaired) electrons. The summed E-state index contributed by atoms with van der Waals surface area (Å²) in [6.45, 7) is 3.89.